The van der Waals surface area contributed by atoms with E-state index >= 15 is 0 Å². The minimum atomic E-state index is 0.730. The van der Waals surface area contributed by atoms with E-state index in [0.717, 1.165) is 70.6 Å². The van der Waals surface area contributed by atoms with Crippen molar-refractivity contribution >= 4 is 27.4 Å². The second-order valence-electron chi connectivity index (χ2n) is 6.51. The van der Waals surface area contributed by atoms with Crippen LogP contribution in [0.15, 0.2) is 30.3 Å². The van der Waals surface area contributed by atoms with Crippen LogP contribution in [0.5, 0.6) is 0 Å². The van der Waals surface area contributed by atoms with Crippen molar-refractivity contribution in [3.8, 4) is 17.5 Å². The van der Waals surface area contributed by atoms with E-state index in [1.807, 2.05) is 37.3 Å². The zero-order chi connectivity index (χ0) is 18.1. The fourth-order valence-corrected chi connectivity index (χ4v) is 4.42. The Labute approximate surface area is 157 Å². The first kappa shape index (κ1) is 17.0. The molecule has 0 amide bonds. The molecule has 0 bridgehead atoms. The van der Waals surface area contributed by atoms with Crippen molar-refractivity contribution in [1.29, 1.82) is 5.26 Å². The second-order valence-corrected chi connectivity index (χ2v) is 7.51. The highest BCUT2D eigenvalue weighted by Crippen LogP contribution is 2.37. The molecule has 0 N–H and O–H groups in total. The molecule has 26 heavy (non-hydrogen) atoms. The quantitative estimate of drug-likeness (QED) is 0.710. The third kappa shape index (κ3) is 2.94. The molecule has 0 spiro atoms. The number of nitriles is 1. The fraction of sp³-hybridized carbons (Fsp3) is 0.350. The molecule has 1 aliphatic heterocycles. The lowest BCUT2D eigenvalue weighted by atomic mass is 10.1. The lowest BCUT2D eigenvalue weighted by Crippen LogP contribution is -2.46. The maximum atomic E-state index is 9.47. The first-order chi connectivity index (χ1) is 12.7. The van der Waals surface area contributed by atoms with Gasteiger partial charge >= 0.3 is 0 Å². The normalized spacial score (nSPS) is 15.3. The number of anilines is 1. The summed E-state index contributed by atoms with van der Waals surface area (Å²) in [5.74, 6) is 1.71. The number of hydrogen-bond acceptors (Lipinski definition) is 6. The monoisotopic (exact) mass is 363 g/mol. The summed E-state index contributed by atoms with van der Waals surface area (Å²) >= 11 is 1.47. The van der Waals surface area contributed by atoms with Gasteiger partial charge < -0.3 is 9.80 Å². The molecule has 0 unspecified atom stereocenters. The van der Waals surface area contributed by atoms with Gasteiger partial charge in [-0.2, -0.15) is 5.26 Å². The van der Waals surface area contributed by atoms with Crippen LogP contribution in [0.25, 0.3) is 21.6 Å². The number of likely N-dealkylation sites (N-methyl/N-ethyl adjacent to an activating group) is 1. The summed E-state index contributed by atoms with van der Waals surface area (Å²) < 4.78 is 0. The van der Waals surface area contributed by atoms with Gasteiger partial charge in [-0.3, -0.25) is 0 Å². The van der Waals surface area contributed by atoms with Crippen molar-refractivity contribution in [2.75, 3.05) is 37.6 Å². The Morgan fingerprint density at radius 1 is 1.12 bits per heavy atom. The van der Waals surface area contributed by atoms with Gasteiger partial charge in [0.25, 0.3) is 0 Å². The van der Waals surface area contributed by atoms with E-state index in [-0.39, 0.29) is 0 Å². The SMILES string of the molecule is CCN1CCN(c2nc(-c3ccccc3)nc3sc(C#N)c(C)c23)CC1. The van der Waals surface area contributed by atoms with Crippen LogP contribution in [-0.2, 0) is 0 Å². The van der Waals surface area contributed by atoms with Gasteiger partial charge in [-0.05, 0) is 19.0 Å². The number of benzene rings is 1. The Morgan fingerprint density at radius 2 is 1.85 bits per heavy atom. The van der Waals surface area contributed by atoms with E-state index in [1.165, 1.54) is 11.3 Å². The van der Waals surface area contributed by atoms with E-state index in [9.17, 15) is 5.26 Å². The first-order valence-corrected chi connectivity index (χ1v) is 9.77. The Balaban J connectivity index is 1.86. The topological polar surface area (TPSA) is 56.1 Å². The molecule has 0 saturated carbocycles. The van der Waals surface area contributed by atoms with Crippen molar-refractivity contribution in [2.45, 2.75) is 13.8 Å². The molecule has 5 nitrogen and oxygen atoms in total. The maximum absolute atomic E-state index is 9.47. The number of nitrogens with zero attached hydrogens (tertiary/aromatic N) is 5. The van der Waals surface area contributed by atoms with Crippen LogP contribution in [0, 0.1) is 18.3 Å². The molecule has 3 aromatic rings. The standard InChI is InChI=1S/C20H21N5S/c1-3-24-9-11-25(12-10-24)19-17-14(2)16(13-21)26-20(17)23-18(22-19)15-7-5-4-6-8-15/h4-8H,3,9-12H2,1-2H3. The van der Waals surface area contributed by atoms with Crippen LogP contribution in [-0.4, -0.2) is 47.6 Å². The summed E-state index contributed by atoms with van der Waals surface area (Å²) in [5, 5.41) is 10.5. The fourth-order valence-electron chi connectivity index (χ4n) is 3.45. The zero-order valence-corrected chi connectivity index (χ0v) is 15.9. The molecule has 0 aliphatic carbocycles. The van der Waals surface area contributed by atoms with Crippen molar-refractivity contribution in [1.82, 2.24) is 14.9 Å². The molecule has 0 atom stereocenters. The number of rotatable bonds is 3. The molecule has 1 aliphatic rings. The molecule has 1 fully saturated rings. The minimum Gasteiger partial charge on any atom is -0.353 e. The lowest BCUT2D eigenvalue weighted by molar-refractivity contribution is 0.271. The average Bonchev–Trinajstić information content (AvgIpc) is 3.04. The third-order valence-electron chi connectivity index (χ3n) is 5.02. The molecule has 6 heteroatoms. The minimum absolute atomic E-state index is 0.730. The number of aryl methyl sites for hydroxylation is 1. The van der Waals surface area contributed by atoms with Gasteiger partial charge in [-0.25, -0.2) is 9.97 Å². The average molecular weight is 363 g/mol. The molecule has 4 rings (SSSR count). The van der Waals surface area contributed by atoms with Gasteiger partial charge in [0, 0.05) is 31.7 Å². The maximum Gasteiger partial charge on any atom is 0.163 e. The molecular formula is C20H21N5S. The highest BCUT2D eigenvalue weighted by molar-refractivity contribution is 7.19. The van der Waals surface area contributed by atoms with E-state index in [1.54, 1.807) is 0 Å². The van der Waals surface area contributed by atoms with Gasteiger partial charge in [-0.15, -0.1) is 11.3 Å². The molecule has 1 saturated heterocycles. The van der Waals surface area contributed by atoms with Crippen molar-refractivity contribution < 1.29 is 0 Å². The van der Waals surface area contributed by atoms with Gasteiger partial charge in [-0.1, -0.05) is 37.3 Å². The molecule has 2 aromatic heterocycles. The Bertz CT molecular complexity index is 965. The Kier molecular flexibility index (Phi) is 4.58. The number of thiophene rings is 1. The van der Waals surface area contributed by atoms with Gasteiger partial charge in [0.2, 0.25) is 0 Å². The number of hydrogen-bond donors (Lipinski definition) is 0. The highest BCUT2D eigenvalue weighted by Gasteiger charge is 2.23. The van der Waals surface area contributed by atoms with Gasteiger partial charge in [0.05, 0.1) is 5.39 Å². The molecular weight excluding hydrogens is 342 g/mol. The van der Waals surface area contributed by atoms with Crippen LogP contribution >= 0.6 is 11.3 Å². The van der Waals surface area contributed by atoms with Gasteiger partial charge in [0.15, 0.2) is 5.82 Å². The van der Waals surface area contributed by atoms with Crippen LogP contribution < -0.4 is 4.90 Å². The summed E-state index contributed by atoms with van der Waals surface area (Å²) in [4.78, 5) is 16.2. The zero-order valence-electron chi connectivity index (χ0n) is 15.1. The van der Waals surface area contributed by atoms with E-state index in [0.29, 0.717) is 0 Å². The Hall–Kier alpha value is -2.49. The van der Waals surface area contributed by atoms with E-state index in [4.69, 9.17) is 9.97 Å². The molecule has 3 heterocycles. The summed E-state index contributed by atoms with van der Waals surface area (Å²) in [6, 6.07) is 12.4. The van der Waals surface area contributed by atoms with Crippen LogP contribution in [0.2, 0.25) is 0 Å². The third-order valence-corrected chi connectivity index (χ3v) is 6.11. The summed E-state index contributed by atoms with van der Waals surface area (Å²) in [6.07, 6.45) is 0. The molecule has 0 radical (unpaired) electrons. The van der Waals surface area contributed by atoms with E-state index < -0.39 is 0 Å². The second kappa shape index (κ2) is 7.02. The van der Waals surface area contributed by atoms with Gasteiger partial charge in [0.1, 0.15) is 21.6 Å². The van der Waals surface area contributed by atoms with Crippen molar-refractivity contribution in [3.63, 3.8) is 0 Å². The predicted molar refractivity (Wildman–Crippen MR) is 107 cm³/mol. The molecule has 132 valence electrons. The largest absolute Gasteiger partial charge is 0.353 e. The van der Waals surface area contributed by atoms with Crippen LogP contribution in [0.3, 0.4) is 0 Å². The number of piperazine rings is 1. The van der Waals surface area contributed by atoms with Crippen molar-refractivity contribution in [2.24, 2.45) is 0 Å². The first-order valence-electron chi connectivity index (χ1n) is 8.95. The number of aromatic nitrogens is 2. The Morgan fingerprint density at radius 3 is 2.50 bits per heavy atom. The number of fused-ring (bicyclic) bond motifs is 1. The van der Waals surface area contributed by atoms with Crippen LogP contribution in [0.4, 0.5) is 5.82 Å². The van der Waals surface area contributed by atoms with Crippen LogP contribution in [0.1, 0.15) is 17.4 Å². The highest BCUT2D eigenvalue weighted by atomic mass is 32.1. The van der Waals surface area contributed by atoms with Crippen molar-refractivity contribution in [3.05, 3.63) is 40.8 Å². The summed E-state index contributed by atoms with van der Waals surface area (Å²) in [6.45, 7) is 9.27. The summed E-state index contributed by atoms with van der Waals surface area (Å²) in [5.41, 5.74) is 2.01. The summed E-state index contributed by atoms with van der Waals surface area (Å²) in [7, 11) is 0. The predicted octanol–water partition coefficient (Wildman–Crippen LogP) is 3.68. The smallest absolute Gasteiger partial charge is 0.163 e. The van der Waals surface area contributed by atoms with E-state index in [2.05, 4.69) is 22.8 Å². The molecule has 1 aromatic carbocycles. The lowest BCUT2D eigenvalue weighted by Gasteiger charge is -2.35.